The van der Waals surface area contributed by atoms with Crippen LogP contribution in [0.4, 0.5) is 4.39 Å². The van der Waals surface area contributed by atoms with Gasteiger partial charge >= 0.3 is 5.97 Å². The minimum absolute atomic E-state index is 0.181. The van der Waals surface area contributed by atoms with Crippen molar-refractivity contribution in [3.05, 3.63) is 46.5 Å². The highest BCUT2D eigenvalue weighted by Crippen LogP contribution is 2.35. The van der Waals surface area contributed by atoms with Crippen LogP contribution in [0.2, 0.25) is 0 Å². The van der Waals surface area contributed by atoms with Crippen LogP contribution in [0.3, 0.4) is 0 Å². The molecular formula is C17H16FNO2S. The van der Waals surface area contributed by atoms with Crippen LogP contribution >= 0.6 is 11.3 Å². The van der Waals surface area contributed by atoms with Crippen LogP contribution in [0, 0.1) is 5.82 Å². The number of fused-ring (bicyclic) bond motifs is 1. The number of rotatable bonds is 5. The summed E-state index contributed by atoms with van der Waals surface area (Å²) in [5, 5.41) is 2.86. The molecule has 3 aromatic rings. The Bertz CT molecular complexity index is 806. The third-order valence-corrected chi connectivity index (χ3v) is 4.71. The summed E-state index contributed by atoms with van der Waals surface area (Å²) < 4.78 is 19.2. The number of methoxy groups -OCH3 is 1. The van der Waals surface area contributed by atoms with Crippen LogP contribution in [0.25, 0.3) is 22.0 Å². The molecule has 1 N–H and O–H groups in total. The Labute approximate surface area is 131 Å². The Hall–Kier alpha value is -2.14. The van der Waals surface area contributed by atoms with Crippen molar-refractivity contribution in [1.29, 1.82) is 0 Å². The summed E-state index contributed by atoms with van der Waals surface area (Å²) in [5.74, 6) is -0.437. The van der Waals surface area contributed by atoms with Crippen molar-refractivity contribution in [2.24, 2.45) is 0 Å². The van der Waals surface area contributed by atoms with Crippen molar-refractivity contribution in [3.63, 3.8) is 0 Å². The van der Waals surface area contributed by atoms with Gasteiger partial charge in [0, 0.05) is 44.9 Å². The molecular weight excluding hydrogens is 301 g/mol. The zero-order chi connectivity index (χ0) is 15.5. The molecule has 22 heavy (non-hydrogen) atoms. The number of aromatic nitrogens is 1. The number of thiophene rings is 1. The number of benzene rings is 1. The number of ether oxygens (including phenoxy) is 1. The fourth-order valence-electron chi connectivity index (χ4n) is 2.52. The van der Waals surface area contributed by atoms with E-state index in [0.29, 0.717) is 29.7 Å². The Kier molecular flexibility index (Phi) is 4.24. The van der Waals surface area contributed by atoms with Crippen LogP contribution in [0.5, 0.6) is 0 Å². The van der Waals surface area contributed by atoms with Crippen molar-refractivity contribution in [1.82, 2.24) is 4.98 Å². The Morgan fingerprint density at radius 1 is 1.32 bits per heavy atom. The molecule has 0 atom stereocenters. The van der Waals surface area contributed by atoms with Crippen LogP contribution in [-0.2, 0) is 16.0 Å². The zero-order valence-electron chi connectivity index (χ0n) is 12.2. The van der Waals surface area contributed by atoms with Gasteiger partial charge < -0.3 is 9.72 Å². The first-order valence-corrected chi connectivity index (χ1v) is 7.98. The van der Waals surface area contributed by atoms with Gasteiger partial charge in [0.1, 0.15) is 5.82 Å². The Morgan fingerprint density at radius 3 is 2.95 bits per heavy atom. The van der Waals surface area contributed by atoms with E-state index in [2.05, 4.69) is 9.72 Å². The van der Waals surface area contributed by atoms with Gasteiger partial charge in [-0.25, -0.2) is 4.39 Å². The van der Waals surface area contributed by atoms with Crippen molar-refractivity contribution in [3.8, 4) is 11.1 Å². The van der Waals surface area contributed by atoms with Crippen molar-refractivity contribution < 1.29 is 13.9 Å². The molecule has 2 heterocycles. The number of carbonyl (C=O) groups is 1. The Balaban J connectivity index is 1.83. The number of para-hydroxylation sites is 1. The lowest BCUT2D eigenvalue weighted by Gasteiger charge is -2.00. The minimum Gasteiger partial charge on any atom is -0.469 e. The molecule has 0 spiro atoms. The van der Waals surface area contributed by atoms with E-state index >= 15 is 0 Å². The summed E-state index contributed by atoms with van der Waals surface area (Å²) in [6.45, 7) is 0. The molecule has 0 bridgehead atoms. The summed E-state index contributed by atoms with van der Waals surface area (Å²) in [6, 6.07) is 7.85. The number of aryl methyl sites for hydroxylation is 1. The number of nitrogens with one attached hydrogen (secondary N) is 1. The molecule has 0 unspecified atom stereocenters. The predicted molar refractivity (Wildman–Crippen MR) is 86.5 cm³/mol. The van der Waals surface area contributed by atoms with Crippen LogP contribution < -0.4 is 0 Å². The summed E-state index contributed by atoms with van der Waals surface area (Å²) in [4.78, 5) is 15.0. The van der Waals surface area contributed by atoms with Crippen LogP contribution in [0.15, 0.2) is 35.8 Å². The second-order valence-electron chi connectivity index (χ2n) is 5.06. The van der Waals surface area contributed by atoms with Crippen LogP contribution in [0.1, 0.15) is 17.7 Å². The van der Waals surface area contributed by atoms with E-state index in [-0.39, 0.29) is 11.8 Å². The standard InChI is InChI=1S/C17H16FNO2S/c1-21-16(20)8-4-7-15-17(18)13(10-22-15)12-9-19-14-6-3-2-5-11(12)14/h2-3,5-6,9-10,19H,4,7-8H2,1H3. The van der Waals surface area contributed by atoms with Gasteiger partial charge in [-0.1, -0.05) is 18.2 Å². The van der Waals surface area contributed by atoms with Gasteiger partial charge in [0.25, 0.3) is 0 Å². The lowest BCUT2D eigenvalue weighted by Crippen LogP contribution is -2.00. The number of halogens is 1. The molecule has 0 radical (unpaired) electrons. The van der Waals surface area contributed by atoms with Gasteiger partial charge in [0.05, 0.1) is 7.11 Å². The summed E-state index contributed by atoms with van der Waals surface area (Å²) >= 11 is 1.40. The van der Waals surface area contributed by atoms with E-state index in [9.17, 15) is 9.18 Å². The topological polar surface area (TPSA) is 42.1 Å². The normalized spacial score (nSPS) is 11.0. The van der Waals surface area contributed by atoms with Gasteiger partial charge in [-0.3, -0.25) is 4.79 Å². The average molecular weight is 317 g/mol. The molecule has 2 aromatic heterocycles. The number of carbonyl (C=O) groups excluding carboxylic acids is 1. The average Bonchev–Trinajstić information content (AvgIpc) is 3.11. The first-order valence-electron chi connectivity index (χ1n) is 7.10. The molecule has 0 aliphatic heterocycles. The molecule has 0 amide bonds. The maximum Gasteiger partial charge on any atom is 0.305 e. The molecule has 5 heteroatoms. The van der Waals surface area contributed by atoms with E-state index in [0.717, 1.165) is 16.5 Å². The molecule has 0 saturated carbocycles. The monoisotopic (exact) mass is 317 g/mol. The molecule has 1 aromatic carbocycles. The Morgan fingerprint density at radius 2 is 2.14 bits per heavy atom. The van der Waals surface area contributed by atoms with E-state index < -0.39 is 0 Å². The SMILES string of the molecule is COC(=O)CCCc1scc(-c2c[nH]c3ccccc23)c1F. The number of hydrogen-bond acceptors (Lipinski definition) is 3. The number of esters is 1. The highest BCUT2D eigenvalue weighted by molar-refractivity contribution is 7.10. The number of hydrogen-bond donors (Lipinski definition) is 1. The van der Waals surface area contributed by atoms with E-state index in [1.54, 1.807) is 0 Å². The fraction of sp³-hybridized carbons (Fsp3) is 0.235. The molecule has 0 fully saturated rings. The second kappa shape index (κ2) is 6.32. The lowest BCUT2D eigenvalue weighted by atomic mass is 10.1. The second-order valence-corrected chi connectivity index (χ2v) is 6.03. The van der Waals surface area contributed by atoms with Gasteiger partial charge in [-0.15, -0.1) is 11.3 Å². The van der Waals surface area contributed by atoms with Gasteiger partial charge in [-0.2, -0.15) is 0 Å². The van der Waals surface area contributed by atoms with Gasteiger partial charge in [-0.05, 0) is 18.9 Å². The van der Waals surface area contributed by atoms with Crippen molar-refractivity contribution in [2.45, 2.75) is 19.3 Å². The molecule has 0 aliphatic carbocycles. The molecule has 3 rings (SSSR count). The fourth-order valence-corrected chi connectivity index (χ4v) is 3.49. The van der Waals surface area contributed by atoms with E-state index in [4.69, 9.17) is 0 Å². The summed E-state index contributed by atoms with van der Waals surface area (Å²) in [6.07, 6.45) is 3.30. The molecule has 0 aliphatic rings. The molecule has 114 valence electrons. The molecule has 0 saturated heterocycles. The maximum absolute atomic E-state index is 14.6. The minimum atomic E-state index is -0.256. The zero-order valence-corrected chi connectivity index (χ0v) is 13.0. The largest absolute Gasteiger partial charge is 0.469 e. The summed E-state index contributed by atoms with van der Waals surface area (Å²) in [7, 11) is 1.36. The van der Waals surface area contributed by atoms with Gasteiger partial charge in [0.2, 0.25) is 0 Å². The highest BCUT2D eigenvalue weighted by atomic mass is 32.1. The first-order chi connectivity index (χ1) is 10.7. The first kappa shape index (κ1) is 14.8. The smallest absolute Gasteiger partial charge is 0.305 e. The lowest BCUT2D eigenvalue weighted by molar-refractivity contribution is -0.140. The van der Waals surface area contributed by atoms with Crippen LogP contribution in [-0.4, -0.2) is 18.1 Å². The van der Waals surface area contributed by atoms with Crippen molar-refractivity contribution >= 4 is 28.2 Å². The molecule has 3 nitrogen and oxygen atoms in total. The number of aromatic amines is 1. The summed E-state index contributed by atoms with van der Waals surface area (Å²) in [5.41, 5.74) is 2.49. The maximum atomic E-state index is 14.6. The van der Waals surface area contributed by atoms with Crippen molar-refractivity contribution in [2.75, 3.05) is 7.11 Å². The van der Waals surface area contributed by atoms with E-state index in [1.807, 2.05) is 35.8 Å². The highest BCUT2D eigenvalue weighted by Gasteiger charge is 2.16. The third kappa shape index (κ3) is 2.76. The van der Waals surface area contributed by atoms with Gasteiger partial charge in [0.15, 0.2) is 0 Å². The quantitative estimate of drug-likeness (QED) is 0.702. The van der Waals surface area contributed by atoms with E-state index in [1.165, 1.54) is 18.4 Å². The third-order valence-electron chi connectivity index (χ3n) is 3.69. The predicted octanol–water partition coefficient (Wildman–Crippen LogP) is 4.53. The number of H-pyrrole nitrogens is 1.